The highest BCUT2D eigenvalue weighted by Crippen LogP contribution is 2.34. The molecule has 0 bridgehead atoms. The number of carbonyl (C=O) groups is 2. The van der Waals surface area contributed by atoms with Gasteiger partial charge in [-0.3, -0.25) is 14.6 Å². The molecule has 1 fully saturated rings. The van der Waals surface area contributed by atoms with Crippen LogP contribution in [0.1, 0.15) is 66.7 Å². The van der Waals surface area contributed by atoms with Gasteiger partial charge in [0, 0.05) is 41.5 Å². The van der Waals surface area contributed by atoms with Crippen molar-refractivity contribution in [2.45, 2.75) is 61.9 Å². The maximum atomic E-state index is 14.3. The summed E-state index contributed by atoms with van der Waals surface area (Å²) >= 11 is 0. The summed E-state index contributed by atoms with van der Waals surface area (Å²) in [5.74, 6) is -0.612. The van der Waals surface area contributed by atoms with E-state index in [4.69, 9.17) is 0 Å². The molecule has 2 atom stereocenters. The first-order valence-electron chi connectivity index (χ1n) is 14.0. The number of rotatable bonds is 9. The van der Waals surface area contributed by atoms with E-state index in [0.717, 1.165) is 54.1 Å². The van der Waals surface area contributed by atoms with Crippen molar-refractivity contribution in [2.75, 3.05) is 6.26 Å². The van der Waals surface area contributed by atoms with E-state index in [0.29, 0.717) is 0 Å². The van der Waals surface area contributed by atoms with Crippen molar-refractivity contribution in [3.05, 3.63) is 95.9 Å². The van der Waals surface area contributed by atoms with E-state index in [9.17, 15) is 18.0 Å². The van der Waals surface area contributed by atoms with Gasteiger partial charge in [0.15, 0.2) is 9.84 Å². The van der Waals surface area contributed by atoms with E-state index < -0.39 is 21.3 Å². The second-order valence-electron chi connectivity index (χ2n) is 11.2. The largest absolute Gasteiger partial charge is 0.361 e. The average molecular weight is 573 g/mol. The number of hydrogen-bond acceptors (Lipinski definition) is 5. The van der Waals surface area contributed by atoms with Gasteiger partial charge in [0.1, 0.15) is 5.54 Å². The lowest BCUT2D eigenvalue weighted by Gasteiger charge is -2.35. The third-order valence-corrected chi connectivity index (χ3v) is 9.16. The van der Waals surface area contributed by atoms with Crippen LogP contribution in [0.4, 0.5) is 0 Å². The lowest BCUT2D eigenvalue weighted by atomic mass is 9.81. The molecule has 41 heavy (non-hydrogen) atoms. The van der Waals surface area contributed by atoms with Crippen LogP contribution in [0.15, 0.2) is 84.0 Å². The minimum absolute atomic E-state index is 0.0421. The molecule has 0 aliphatic heterocycles. The van der Waals surface area contributed by atoms with Crippen molar-refractivity contribution in [2.24, 2.45) is 5.92 Å². The van der Waals surface area contributed by atoms with Gasteiger partial charge in [0.2, 0.25) is 5.91 Å². The summed E-state index contributed by atoms with van der Waals surface area (Å²) in [4.78, 5) is 35.8. The molecule has 2 aromatic carbocycles. The fourth-order valence-corrected chi connectivity index (χ4v) is 6.46. The lowest BCUT2D eigenvalue weighted by Crippen LogP contribution is -2.59. The topological polar surface area (TPSA) is 121 Å². The molecule has 8 nitrogen and oxygen atoms in total. The average Bonchev–Trinajstić information content (AvgIpc) is 3.38. The molecule has 5 rings (SSSR count). The highest BCUT2D eigenvalue weighted by molar-refractivity contribution is 7.90. The van der Waals surface area contributed by atoms with E-state index in [2.05, 4.69) is 20.6 Å². The number of nitrogens with one attached hydrogen (secondary N) is 3. The van der Waals surface area contributed by atoms with Gasteiger partial charge >= 0.3 is 0 Å². The number of pyridine rings is 1. The van der Waals surface area contributed by atoms with E-state index in [1.807, 2.05) is 48.7 Å². The summed E-state index contributed by atoms with van der Waals surface area (Å²) in [6, 6.07) is 19.1. The molecule has 1 aliphatic rings. The highest BCUT2D eigenvalue weighted by atomic mass is 32.2. The molecule has 214 valence electrons. The number of para-hydroxylation sites is 1. The molecule has 3 N–H and O–H groups in total. The second kappa shape index (κ2) is 11.9. The normalized spacial score (nSPS) is 16.5. The number of carbonyl (C=O) groups excluding carboxylic acids is 2. The number of hydrogen-bond donors (Lipinski definition) is 3. The van der Waals surface area contributed by atoms with Gasteiger partial charge < -0.3 is 15.6 Å². The Bertz CT molecular complexity index is 1640. The number of fused-ring (bicyclic) bond motifs is 1. The summed E-state index contributed by atoms with van der Waals surface area (Å²) in [6.07, 6.45) is 10.3. The Morgan fingerprint density at radius 3 is 2.51 bits per heavy atom. The Labute approximate surface area is 240 Å². The summed E-state index contributed by atoms with van der Waals surface area (Å²) in [5.41, 5.74) is 1.43. The standard InChI is InChI=1S/C32H36N4O4S/c1-32(20-24-21-34-27-16-7-6-15-26(24)27,36-30(37)23-13-10-14-25(19-23)41(2,39)40)31(38)35-29(22-11-4-3-5-12-22)28-17-8-9-18-33-28/h6-10,13-19,21-22,29,34H,3-5,11-12,20H2,1-2H3,(H,35,38)(H,36,37)/t29?,32-/m0/s1. The number of H-pyrrole nitrogens is 1. The Hall–Kier alpha value is -3.98. The Balaban J connectivity index is 1.49. The molecular formula is C32H36N4O4S. The van der Waals surface area contributed by atoms with Gasteiger partial charge in [-0.25, -0.2) is 8.42 Å². The zero-order valence-corrected chi connectivity index (χ0v) is 24.2. The van der Waals surface area contributed by atoms with Crippen LogP contribution in [0.5, 0.6) is 0 Å². The molecule has 1 aliphatic carbocycles. The molecule has 1 saturated carbocycles. The highest BCUT2D eigenvalue weighted by Gasteiger charge is 2.39. The zero-order valence-electron chi connectivity index (χ0n) is 23.4. The summed E-state index contributed by atoms with van der Waals surface area (Å²) in [7, 11) is -3.51. The predicted octanol–water partition coefficient (Wildman–Crippen LogP) is 5.14. The van der Waals surface area contributed by atoms with Crippen LogP contribution in [-0.2, 0) is 21.1 Å². The molecular weight excluding hydrogens is 536 g/mol. The fraction of sp³-hybridized carbons (Fsp3) is 0.344. The number of aromatic nitrogens is 2. The minimum atomic E-state index is -3.51. The maximum Gasteiger partial charge on any atom is 0.252 e. The lowest BCUT2D eigenvalue weighted by molar-refractivity contribution is -0.128. The third kappa shape index (κ3) is 6.51. The first-order valence-corrected chi connectivity index (χ1v) is 15.9. The summed E-state index contributed by atoms with van der Waals surface area (Å²) in [6.45, 7) is 1.72. The van der Waals surface area contributed by atoms with Crippen LogP contribution in [-0.4, -0.2) is 42.0 Å². The zero-order chi connectivity index (χ0) is 29.0. The van der Waals surface area contributed by atoms with Gasteiger partial charge in [-0.15, -0.1) is 0 Å². The number of amides is 2. The van der Waals surface area contributed by atoms with Crippen LogP contribution in [0, 0.1) is 5.92 Å². The molecule has 2 aromatic heterocycles. The van der Waals surface area contributed by atoms with Crippen LogP contribution in [0.25, 0.3) is 10.9 Å². The Morgan fingerprint density at radius 2 is 1.78 bits per heavy atom. The molecule has 1 unspecified atom stereocenters. The van der Waals surface area contributed by atoms with Crippen molar-refractivity contribution in [1.82, 2.24) is 20.6 Å². The molecule has 0 spiro atoms. The quantitative estimate of drug-likeness (QED) is 0.257. The van der Waals surface area contributed by atoms with Crippen molar-refractivity contribution in [1.29, 1.82) is 0 Å². The predicted molar refractivity (Wildman–Crippen MR) is 159 cm³/mol. The van der Waals surface area contributed by atoms with Crippen molar-refractivity contribution < 1.29 is 18.0 Å². The molecule has 0 radical (unpaired) electrons. The first kappa shape index (κ1) is 28.5. The van der Waals surface area contributed by atoms with E-state index in [1.54, 1.807) is 19.2 Å². The van der Waals surface area contributed by atoms with Gasteiger partial charge in [-0.2, -0.15) is 0 Å². The molecule has 2 heterocycles. The number of aromatic amines is 1. The maximum absolute atomic E-state index is 14.3. The van der Waals surface area contributed by atoms with E-state index >= 15 is 0 Å². The van der Waals surface area contributed by atoms with Crippen LogP contribution in [0.2, 0.25) is 0 Å². The SMILES string of the molecule is C[C@@](Cc1c[nH]c2ccccc12)(NC(=O)c1cccc(S(C)(=O)=O)c1)C(=O)NC(c1ccccn1)C1CCCCC1. The van der Waals surface area contributed by atoms with Crippen LogP contribution < -0.4 is 10.6 Å². The van der Waals surface area contributed by atoms with Gasteiger partial charge in [0.05, 0.1) is 16.6 Å². The van der Waals surface area contributed by atoms with Crippen LogP contribution in [0.3, 0.4) is 0 Å². The van der Waals surface area contributed by atoms with Crippen molar-refractivity contribution in [3.8, 4) is 0 Å². The Morgan fingerprint density at radius 1 is 1.02 bits per heavy atom. The molecule has 9 heteroatoms. The second-order valence-corrected chi connectivity index (χ2v) is 13.2. The van der Waals surface area contributed by atoms with Crippen LogP contribution >= 0.6 is 0 Å². The number of nitrogens with zero attached hydrogens (tertiary/aromatic N) is 1. The monoisotopic (exact) mass is 572 g/mol. The summed E-state index contributed by atoms with van der Waals surface area (Å²) in [5, 5.41) is 7.21. The van der Waals surface area contributed by atoms with E-state index in [1.165, 1.54) is 24.6 Å². The number of sulfone groups is 1. The molecule has 4 aromatic rings. The Kier molecular flexibility index (Phi) is 8.26. The first-order chi connectivity index (χ1) is 19.6. The van der Waals surface area contributed by atoms with Gasteiger partial charge in [-0.05, 0) is 67.6 Å². The fourth-order valence-electron chi connectivity index (χ4n) is 5.79. The third-order valence-electron chi connectivity index (χ3n) is 8.05. The molecule has 0 saturated heterocycles. The number of benzene rings is 2. The van der Waals surface area contributed by atoms with Gasteiger partial charge in [-0.1, -0.05) is 49.6 Å². The molecule has 2 amide bonds. The summed E-state index contributed by atoms with van der Waals surface area (Å²) < 4.78 is 24.3. The van der Waals surface area contributed by atoms with Crippen molar-refractivity contribution in [3.63, 3.8) is 0 Å². The smallest absolute Gasteiger partial charge is 0.252 e. The van der Waals surface area contributed by atoms with Gasteiger partial charge in [0.25, 0.3) is 5.91 Å². The van der Waals surface area contributed by atoms with E-state index in [-0.39, 0.29) is 34.7 Å². The minimum Gasteiger partial charge on any atom is -0.361 e. The van der Waals surface area contributed by atoms with Crippen molar-refractivity contribution >= 4 is 32.6 Å².